The number of hydrogen-bond donors (Lipinski definition) is 4. The first-order valence-electron chi connectivity index (χ1n) is 6.31. The summed E-state index contributed by atoms with van der Waals surface area (Å²) in [7, 11) is 1.85. The summed E-state index contributed by atoms with van der Waals surface area (Å²) in [5.74, 6) is -2.20. The van der Waals surface area contributed by atoms with Crippen LogP contribution in [0.3, 0.4) is 0 Å². The van der Waals surface area contributed by atoms with Crippen molar-refractivity contribution in [3.05, 3.63) is 35.9 Å². The molecule has 0 bridgehead atoms. The van der Waals surface area contributed by atoms with Gasteiger partial charge < -0.3 is 15.9 Å². The van der Waals surface area contributed by atoms with E-state index in [2.05, 4.69) is 4.06 Å². The smallest absolute Gasteiger partial charge is 0.320 e. The minimum absolute atomic E-state index is 0.0231. The minimum Gasteiger partial charge on any atom is -0.481 e. The molecule has 0 amide bonds. The molecule has 7 nitrogen and oxygen atoms in total. The average Bonchev–Trinajstić information content (AvgIpc) is 2.46. The first-order valence-corrected chi connectivity index (χ1v) is 9.28. The van der Waals surface area contributed by atoms with Gasteiger partial charge >= 0.3 is 85.5 Å². The van der Waals surface area contributed by atoms with E-state index in [0.717, 1.165) is 5.56 Å². The van der Waals surface area contributed by atoms with Crippen molar-refractivity contribution >= 4 is 16.3 Å². The summed E-state index contributed by atoms with van der Waals surface area (Å²) in [6.07, 6.45) is -0.224. The second-order valence-corrected chi connectivity index (χ2v) is 7.77. The summed E-state index contributed by atoms with van der Waals surface area (Å²) >= 11 is -1.14. The van der Waals surface area contributed by atoms with Crippen molar-refractivity contribution in [2.75, 3.05) is 7.05 Å². The molecule has 21 heavy (non-hydrogen) atoms. The monoisotopic (exact) mass is 346 g/mol. The summed E-state index contributed by atoms with van der Waals surface area (Å²) in [6.45, 7) is 0. The van der Waals surface area contributed by atoms with Gasteiger partial charge in [-0.1, -0.05) is 0 Å². The molecule has 1 unspecified atom stereocenters. The fraction of sp³-hybridized carbons (Fsp3) is 0.308. The summed E-state index contributed by atoms with van der Waals surface area (Å²) in [4.78, 5) is 31.1. The number of carbonyl (C=O) groups excluding carboxylic acids is 1. The zero-order chi connectivity index (χ0) is 16.3. The number of hydrogen-bond acceptors (Lipinski definition) is 5. The molecule has 1 aromatic rings. The minimum atomic E-state index is -1.17. The van der Waals surface area contributed by atoms with Gasteiger partial charge in [-0.15, -0.1) is 0 Å². The molecule has 5 N–H and O–H groups in total. The van der Waals surface area contributed by atoms with Gasteiger partial charge in [0.2, 0.25) is 0 Å². The van der Waals surface area contributed by atoms with Crippen LogP contribution in [-0.4, -0.2) is 39.6 Å². The molecule has 0 saturated carbocycles. The maximum absolute atomic E-state index is 11.3. The Morgan fingerprint density at radius 3 is 2.24 bits per heavy atom. The SMILES string of the molecule is C[NH][Zn][C](=O)c1ccccc1.NC(CCC(=O)O)C(=O)O. The quantitative estimate of drug-likeness (QED) is 0.522. The van der Waals surface area contributed by atoms with Crippen LogP contribution < -0.4 is 9.79 Å². The number of carboxylic acid groups (broad SMARTS) is 2. The van der Waals surface area contributed by atoms with Gasteiger partial charge in [-0.25, -0.2) is 0 Å². The van der Waals surface area contributed by atoms with Crippen LogP contribution in [-0.2, 0) is 27.0 Å². The fourth-order valence-electron chi connectivity index (χ4n) is 1.29. The van der Waals surface area contributed by atoms with E-state index in [4.69, 9.17) is 15.9 Å². The number of carbonyl (C=O) groups is 3. The first kappa shape index (κ1) is 19.4. The number of benzene rings is 1. The second kappa shape index (κ2) is 11.1. The van der Waals surface area contributed by atoms with Crippen LogP contribution in [0.4, 0.5) is 0 Å². The van der Waals surface area contributed by atoms with Crippen LogP contribution in [0.15, 0.2) is 30.3 Å². The molecular formula is C13H18N2O5Zn. The molecule has 0 aromatic heterocycles. The normalized spacial score (nSPS) is 10.6. The molecule has 0 aliphatic heterocycles. The third kappa shape index (κ3) is 9.84. The van der Waals surface area contributed by atoms with Crippen molar-refractivity contribution in [3.63, 3.8) is 0 Å². The molecule has 0 heterocycles. The first-order chi connectivity index (χ1) is 9.88. The topological polar surface area (TPSA) is 130 Å². The molecule has 1 atom stereocenters. The van der Waals surface area contributed by atoms with Crippen LogP contribution in [0, 0.1) is 0 Å². The summed E-state index contributed by atoms with van der Waals surface area (Å²) in [6, 6.07) is 8.38. The van der Waals surface area contributed by atoms with Crippen LogP contribution in [0.5, 0.6) is 0 Å². The maximum atomic E-state index is 11.3. The van der Waals surface area contributed by atoms with Gasteiger partial charge in [-0.2, -0.15) is 0 Å². The molecule has 0 saturated heterocycles. The predicted molar refractivity (Wildman–Crippen MR) is 72.3 cm³/mol. The summed E-state index contributed by atoms with van der Waals surface area (Å²) < 4.78 is 3.32. The van der Waals surface area contributed by atoms with E-state index >= 15 is 0 Å². The Labute approximate surface area is 130 Å². The van der Waals surface area contributed by atoms with Gasteiger partial charge in [0.25, 0.3) is 0 Å². The Kier molecular flexibility index (Phi) is 10.2. The van der Waals surface area contributed by atoms with Gasteiger partial charge in [0.05, 0.1) is 0 Å². The second-order valence-electron chi connectivity index (χ2n) is 4.20. The van der Waals surface area contributed by atoms with Crippen molar-refractivity contribution in [2.24, 2.45) is 5.73 Å². The Bertz CT molecular complexity index is 467. The van der Waals surface area contributed by atoms with Crippen molar-refractivity contribution < 1.29 is 42.0 Å². The molecule has 1 aromatic carbocycles. The molecule has 0 fully saturated rings. The molecule has 0 spiro atoms. The molecule has 112 valence electrons. The third-order valence-electron chi connectivity index (χ3n) is 2.42. The Morgan fingerprint density at radius 2 is 1.81 bits per heavy atom. The van der Waals surface area contributed by atoms with E-state index in [0.29, 0.717) is 4.38 Å². The standard InChI is InChI=1S/C7H5O.C5H9NO4.CH4N.Zn/c8-6-7-4-2-1-3-5-7;6-3(5(9)10)1-2-4(7)8;1-2;/h1-5H;3H,1-2,6H2,(H,7,8)(H,9,10);2H,1H3;/q;;-1;+1. The largest absolute Gasteiger partial charge is 0.481 e. The zero-order valence-electron chi connectivity index (χ0n) is 11.8. The van der Waals surface area contributed by atoms with Crippen molar-refractivity contribution in [3.8, 4) is 0 Å². The van der Waals surface area contributed by atoms with E-state index < -0.39 is 35.3 Å². The van der Waals surface area contributed by atoms with Crippen molar-refractivity contribution in [2.45, 2.75) is 18.9 Å². The fourth-order valence-corrected chi connectivity index (χ4v) is 2.89. The van der Waals surface area contributed by atoms with Crippen LogP contribution in [0.25, 0.3) is 0 Å². The molecular weight excluding hydrogens is 330 g/mol. The average molecular weight is 348 g/mol. The zero-order valence-corrected chi connectivity index (χ0v) is 14.7. The number of rotatable bonds is 7. The van der Waals surface area contributed by atoms with Gasteiger partial charge in [0.15, 0.2) is 0 Å². The Balaban J connectivity index is 0.000000384. The van der Waals surface area contributed by atoms with Crippen LogP contribution in [0.1, 0.15) is 23.2 Å². The Hall–Kier alpha value is -1.63. The molecule has 0 aliphatic carbocycles. The van der Waals surface area contributed by atoms with Crippen LogP contribution >= 0.6 is 0 Å². The molecule has 0 aliphatic rings. The molecule has 0 radical (unpaired) electrons. The van der Waals surface area contributed by atoms with E-state index in [1.807, 2.05) is 37.4 Å². The van der Waals surface area contributed by atoms with Gasteiger partial charge in [0.1, 0.15) is 6.04 Å². The summed E-state index contributed by atoms with van der Waals surface area (Å²) in [5, 5.41) is 16.3. The Morgan fingerprint density at radius 1 is 1.24 bits per heavy atom. The number of carboxylic acids is 2. The molecule has 1 rings (SSSR count). The number of nitrogens with one attached hydrogen (secondary N) is 1. The molecule has 8 heteroatoms. The van der Waals surface area contributed by atoms with Gasteiger partial charge in [-0.3, -0.25) is 9.59 Å². The van der Waals surface area contributed by atoms with Gasteiger partial charge in [0, 0.05) is 6.42 Å². The van der Waals surface area contributed by atoms with Crippen LogP contribution in [0.2, 0.25) is 0 Å². The van der Waals surface area contributed by atoms with E-state index in [1.165, 1.54) is 0 Å². The third-order valence-corrected chi connectivity index (χ3v) is 4.69. The maximum Gasteiger partial charge on any atom is 0.320 e. The van der Waals surface area contributed by atoms with E-state index in [-0.39, 0.29) is 12.8 Å². The number of nitrogens with two attached hydrogens (primary N) is 1. The summed E-state index contributed by atoms with van der Waals surface area (Å²) in [5.41, 5.74) is 5.85. The van der Waals surface area contributed by atoms with E-state index in [9.17, 15) is 14.4 Å². The predicted octanol–water partition coefficient (Wildman–Crippen LogP) is 0.307. The van der Waals surface area contributed by atoms with Gasteiger partial charge in [-0.05, 0) is 6.42 Å². The number of aliphatic carboxylic acids is 2. The van der Waals surface area contributed by atoms with Crippen molar-refractivity contribution in [1.29, 1.82) is 0 Å². The van der Waals surface area contributed by atoms with E-state index in [1.54, 1.807) is 0 Å². The van der Waals surface area contributed by atoms with Crippen molar-refractivity contribution in [1.82, 2.24) is 4.06 Å².